The Morgan fingerprint density at radius 1 is 0.667 bits per heavy atom. The van der Waals surface area contributed by atoms with E-state index in [1.807, 2.05) is 6.08 Å². The molecule has 0 aliphatic heterocycles. The summed E-state index contributed by atoms with van der Waals surface area (Å²) in [5.74, 6) is -0.204. The molecule has 0 fully saturated rings. The summed E-state index contributed by atoms with van der Waals surface area (Å²) in [6.45, 7) is 4.11. The van der Waals surface area contributed by atoms with E-state index in [-0.39, 0.29) is 25.7 Å². The highest BCUT2D eigenvalue weighted by Crippen LogP contribution is 2.43. The van der Waals surface area contributed by atoms with Crippen molar-refractivity contribution in [1.82, 2.24) is 5.32 Å². The van der Waals surface area contributed by atoms with Crippen molar-refractivity contribution in [3.63, 3.8) is 0 Å². The van der Waals surface area contributed by atoms with Crippen LogP contribution in [0.1, 0.15) is 187 Å². The van der Waals surface area contributed by atoms with Gasteiger partial charge in [-0.15, -0.1) is 0 Å². The zero-order valence-electron chi connectivity index (χ0n) is 31.2. The molecule has 0 saturated carbocycles. The van der Waals surface area contributed by atoms with E-state index in [0.717, 1.165) is 51.4 Å². The Morgan fingerprint density at radius 2 is 1.08 bits per heavy atom. The molecule has 0 aromatic rings. The molecule has 0 rings (SSSR count). The number of carbonyl (C=O) groups excluding carboxylic acids is 1. The first-order chi connectivity index (χ1) is 23.4. The lowest BCUT2D eigenvalue weighted by Crippen LogP contribution is -2.45. The van der Waals surface area contributed by atoms with E-state index in [4.69, 9.17) is 14.8 Å². The van der Waals surface area contributed by atoms with Gasteiger partial charge in [-0.05, 0) is 44.9 Å². The lowest BCUT2D eigenvalue weighted by atomic mass is 10.0. The second-order valence-corrected chi connectivity index (χ2v) is 14.9. The first-order valence-electron chi connectivity index (χ1n) is 20.0. The monoisotopic (exact) mass is 701 g/mol. The van der Waals surface area contributed by atoms with E-state index >= 15 is 0 Å². The van der Waals surface area contributed by atoms with E-state index in [1.54, 1.807) is 6.08 Å². The second-order valence-electron chi connectivity index (χ2n) is 13.5. The summed E-state index contributed by atoms with van der Waals surface area (Å²) < 4.78 is 22.1. The molecular formula is C39H77N2O6P. The van der Waals surface area contributed by atoms with Crippen LogP contribution in [0.2, 0.25) is 0 Å². The number of rotatable bonds is 37. The molecule has 0 bridgehead atoms. The number of hydrogen-bond acceptors (Lipinski definition) is 6. The van der Waals surface area contributed by atoms with Crippen molar-refractivity contribution >= 4 is 13.7 Å². The number of aliphatic hydroxyl groups is 1. The molecule has 3 unspecified atom stereocenters. The van der Waals surface area contributed by atoms with Gasteiger partial charge in [0.05, 0.1) is 25.4 Å². The van der Waals surface area contributed by atoms with Crippen LogP contribution >= 0.6 is 7.82 Å². The van der Waals surface area contributed by atoms with Crippen molar-refractivity contribution in [2.24, 2.45) is 5.73 Å². The van der Waals surface area contributed by atoms with Gasteiger partial charge in [0.15, 0.2) is 0 Å². The molecule has 48 heavy (non-hydrogen) atoms. The summed E-state index contributed by atoms with van der Waals surface area (Å²) in [6, 6.07) is -0.860. The maximum atomic E-state index is 12.7. The van der Waals surface area contributed by atoms with Gasteiger partial charge < -0.3 is 21.1 Å². The summed E-state index contributed by atoms with van der Waals surface area (Å²) >= 11 is 0. The highest BCUT2D eigenvalue weighted by atomic mass is 31.2. The number of nitrogens with two attached hydrogens (primary N) is 1. The third kappa shape index (κ3) is 33.5. The molecule has 0 saturated heterocycles. The maximum absolute atomic E-state index is 12.7. The van der Waals surface area contributed by atoms with Gasteiger partial charge in [0.2, 0.25) is 5.91 Å². The van der Waals surface area contributed by atoms with Crippen LogP contribution in [0, 0.1) is 0 Å². The Hall–Kier alpha value is -1.02. The molecule has 0 radical (unpaired) electrons. The number of phosphoric ester groups is 1. The molecule has 9 heteroatoms. The fourth-order valence-corrected chi connectivity index (χ4v) is 6.47. The van der Waals surface area contributed by atoms with Gasteiger partial charge in [-0.2, -0.15) is 0 Å². The van der Waals surface area contributed by atoms with Crippen molar-refractivity contribution < 1.29 is 28.4 Å². The molecule has 0 aliphatic rings. The number of unbranched alkanes of at least 4 members (excludes halogenated alkanes) is 23. The Kier molecular flexibility index (Phi) is 35.0. The largest absolute Gasteiger partial charge is 0.472 e. The van der Waals surface area contributed by atoms with Crippen LogP contribution in [0.5, 0.6) is 0 Å². The lowest BCUT2D eigenvalue weighted by Gasteiger charge is -2.23. The number of allylic oxidation sites excluding steroid dienone is 3. The standard InChI is InChI=1S/C39H77N2O6P/c1-3-5-7-9-11-13-15-17-19-20-22-24-26-28-30-32-38(42)37(36-47-48(44,45)46-35-34-40)41-39(43)33-31-29-27-25-23-21-18-16-14-12-10-8-6-4-2/h16,18,30,32,37-38,42H,3-15,17,19-29,31,33-36,40H2,1-2H3,(H,41,43)(H,44,45)/b18-16-,32-30+. The van der Waals surface area contributed by atoms with Crippen molar-refractivity contribution in [2.45, 2.75) is 199 Å². The molecule has 8 nitrogen and oxygen atoms in total. The number of hydrogen-bond donors (Lipinski definition) is 4. The smallest absolute Gasteiger partial charge is 0.387 e. The van der Waals surface area contributed by atoms with Gasteiger partial charge in [0, 0.05) is 13.0 Å². The summed E-state index contributed by atoms with van der Waals surface area (Å²) in [5, 5.41) is 13.6. The molecule has 0 aromatic heterocycles. The molecular weight excluding hydrogens is 623 g/mol. The quantitative estimate of drug-likeness (QED) is 0.0288. The molecule has 0 aliphatic carbocycles. The third-order valence-electron chi connectivity index (χ3n) is 8.77. The Balaban J connectivity index is 4.30. The minimum absolute atomic E-state index is 0.0779. The molecule has 5 N–H and O–H groups in total. The molecule has 1 amide bonds. The van der Waals surface area contributed by atoms with Crippen LogP contribution < -0.4 is 11.1 Å². The predicted molar refractivity (Wildman–Crippen MR) is 203 cm³/mol. The van der Waals surface area contributed by atoms with E-state index in [1.165, 1.54) is 116 Å². The van der Waals surface area contributed by atoms with Gasteiger partial charge >= 0.3 is 7.82 Å². The highest BCUT2D eigenvalue weighted by molar-refractivity contribution is 7.47. The number of phosphoric acid groups is 1. The number of carbonyl (C=O) groups is 1. The van der Waals surface area contributed by atoms with E-state index in [9.17, 15) is 19.4 Å². The van der Waals surface area contributed by atoms with Crippen LogP contribution in [0.15, 0.2) is 24.3 Å². The van der Waals surface area contributed by atoms with Crippen molar-refractivity contribution in [1.29, 1.82) is 0 Å². The summed E-state index contributed by atoms with van der Waals surface area (Å²) in [4.78, 5) is 22.6. The average molecular weight is 701 g/mol. The summed E-state index contributed by atoms with van der Waals surface area (Å²) in [6.07, 6.45) is 39.3. The van der Waals surface area contributed by atoms with Gasteiger partial charge in [-0.1, -0.05) is 160 Å². The maximum Gasteiger partial charge on any atom is 0.472 e. The van der Waals surface area contributed by atoms with Crippen LogP contribution in [-0.2, 0) is 18.4 Å². The first kappa shape index (κ1) is 47.0. The predicted octanol–water partition coefficient (Wildman–Crippen LogP) is 10.6. The topological polar surface area (TPSA) is 131 Å². The lowest BCUT2D eigenvalue weighted by molar-refractivity contribution is -0.123. The minimum atomic E-state index is -4.33. The number of amides is 1. The van der Waals surface area contributed by atoms with E-state index in [0.29, 0.717) is 6.42 Å². The first-order valence-corrected chi connectivity index (χ1v) is 21.5. The van der Waals surface area contributed by atoms with Crippen molar-refractivity contribution in [2.75, 3.05) is 19.8 Å². The Bertz CT molecular complexity index is 809. The fourth-order valence-electron chi connectivity index (χ4n) is 5.71. The van der Waals surface area contributed by atoms with Gasteiger partial charge in [0.25, 0.3) is 0 Å². The van der Waals surface area contributed by atoms with Crippen molar-refractivity contribution in [3.8, 4) is 0 Å². The van der Waals surface area contributed by atoms with Gasteiger partial charge in [-0.25, -0.2) is 4.57 Å². The summed E-state index contributed by atoms with van der Waals surface area (Å²) in [7, 11) is -4.33. The van der Waals surface area contributed by atoms with Crippen molar-refractivity contribution in [3.05, 3.63) is 24.3 Å². The summed E-state index contributed by atoms with van der Waals surface area (Å²) in [5.41, 5.74) is 5.36. The molecule has 0 aromatic carbocycles. The van der Waals surface area contributed by atoms with E-state index in [2.05, 4.69) is 31.3 Å². The van der Waals surface area contributed by atoms with Gasteiger partial charge in [-0.3, -0.25) is 13.8 Å². The Morgan fingerprint density at radius 3 is 1.54 bits per heavy atom. The third-order valence-corrected chi connectivity index (χ3v) is 9.76. The van der Waals surface area contributed by atoms with Crippen LogP contribution in [-0.4, -0.2) is 47.8 Å². The number of aliphatic hydroxyl groups excluding tert-OH is 1. The average Bonchev–Trinajstić information content (AvgIpc) is 3.07. The number of nitrogens with one attached hydrogen (secondary N) is 1. The SMILES string of the molecule is CCCCCCC/C=C\CCCCCCCC(=O)NC(COP(=O)(O)OCCN)C(O)/C=C/CCCCCCCCCCCCCCC. The van der Waals surface area contributed by atoms with Crippen LogP contribution in [0.25, 0.3) is 0 Å². The Labute approximate surface area is 296 Å². The highest BCUT2D eigenvalue weighted by Gasteiger charge is 2.26. The molecule has 0 spiro atoms. The second kappa shape index (κ2) is 35.8. The van der Waals surface area contributed by atoms with Crippen LogP contribution in [0.4, 0.5) is 0 Å². The molecule has 0 heterocycles. The molecule has 3 atom stereocenters. The normalized spacial score (nSPS) is 14.5. The van der Waals surface area contributed by atoms with Crippen LogP contribution in [0.3, 0.4) is 0 Å². The minimum Gasteiger partial charge on any atom is -0.387 e. The zero-order valence-corrected chi connectivity index (χ0v) is 32.1. The van der Waals surface area contributed by atoms with E-state index < -0.39 is 20.0 Å². The fraction of sp³-hybridized carbons (Fsp3) is 0.872. The molecule has 284 valence electrons. The van der Waals surface area contributed by atoms with Gasteiger partial charge in [0.1, 0.15) is 0 Å². The zero-order chi connectivity index (χ0) is 35.4.